The summed E-state index contributed by atoms with van der Waals surface area (Å²) in [5, 5.41) is 3.57. The Balaban J connectivity index is 2.56. The first-order chi connectivity index (χ1) is 9.03. The van der Waals surface area contributed by atoms with Crippen molar-refractivity contribution in [1.29, 1.82) is 0 Å². The second-order valence-corrected chi connectivity index (χ2v) is 7.01. The predicted molar refractivity (Wildman–Crippen MR) is 85.6 cm³/mol. The van der Waals surface area contributed by atoms with Gasteiger partial charge in [-0.05, 0) is 49.6 Å². The molecule has 114 valence electrons. The minimum absolute atomic E-state index is 0.447. The molecule has 1 aliphatic heterocycles. The summed E-state index contributed by atoms with van der Waals surface area (Å²) >= 11 is 0. The summed E-state index contributed by atoms with van der Waals surface area (Å²) in [5.74, 6) is 0. The van der Waals surface area contributed by atoms with E-state index in [-0.39, 0.29) is 0 Å². The molecule has 1 unspecified atom stereocenters. The molecule has 1 atom stereocenters. The van der Waals surface area contributed by atoms with Crippen molar-refractivity contribution in [2.24, 2.45) is 10.8 Å². The topological polar surface area (TPSA) is 15.3 Å². The van der Waals surface area contributed by atoms with Crippen LogP contribution >= 0.6 is 0 Å². The van der Waals surface area contributed by atoms with Crippen LogP contribution < -0.4 is 5.32 Å². The molecule has 0 bridgehead atoms. The van der Waals surface area contributed by atoms with Gasteiger partial charge in [-0.3, -0.25) is 0 Å². The molecule has 2 heteroatoms. The monoisotopic (exact) mass is 268 g/mol. The van der Waals surface area contributed by atoms with E-state index in [1.165, 1.54) is 58.3 Å². The summed E-state index contributed by atoms with van der Waals surface area (Å²) in [6.45, 7) is 17.9. The average Bonchev–Trinajstić information content (AvgIpc) is 2.80. The highest BCUT2D eigenvalue weighted by molar-refractivity contribution is 4.91. The lowest BCUT2D eigenvalue weighted by atomic mass is 9.81. The first-order valence-corrected chi connectivity index (χ1v) is 8.46. The normalized spacial score (nSPS) is 22.6. The maximum Gasteiger partial charge on any atom is 0.00477 e. The molecular weight excluding hydrogens is 232 g/mol. The molecule has 0 aromatic heterocycles. The molecule has 1 heterocycles. The molecule has 1 aliphatic rings. The van der Waals surface area contributed by atoms with E-state index in [2.05, 4.69) is 44.8 Å². The van der Waals surface area contributed by atoms with Crippen molar-refractivity contribution in [3.8, 4) is 0 Å². The van der Waals surface area contributed by atoms with Crippen LogP contribution in [0.5, 0.6) is 0 Å². The Hall–Kier alpha value is -0.0800. The van der Waals surface area contributed by atoms with Crippen molar-refractivity contribution >= 4 is 0 Å². The summed E-state index contributed by atoms with van der Waals surface area (Å²) in [4.78, 5) is 2.74. The van der Waals surface area contributed by atoms with Gasteiger partial charge in [-0.2, -0.15) is 0 Å². The van der Waals surface area contributed by atoms with Gasteiger partial charge in [-0.1, -0.05) is 41.0 Å². The van der Waals surface area contributed by atoms with Crippen molar-refractivity contribution < 1.29 is 0 Å². The Morgan fingerprint density at radius 2 is 1.84 bits per heavy atom. The summed E-state index contributed by atoms with van der Waals surface area (Å²) in [6.07, 6.45) is 6.73. The van der Waals surface area contributed by atoms with Crippen LogP contribution in [0.2, 0.25) is 0 Å². The highest BCUT2D eigenvalue weighted by Gasteiger charge is 2.37. The molecule has 0 radical (unpaired) electrons. The molecule has 1 saturated heterocycles. The third-order valence-corrected chi connectivity index (χ3v) is 5.28. The average molecular weight is 268 g/mol. The second kappa shape index (κ2) is 7.64. The fourth-order valence-corrected chi connectivity index (χ4v) is 3.78. The molecule has 0 aromatic carbocycles. The number of hydrogen-bond donors (Lipinski definition) is 1. The molecule has 0 aliphatic carbocycles. The maximum atomic E-state index is 3.57. The zero-order valence-corrected chi connectivity index (χ0v) is 14.0. The van der Waals surface area contributed by atoms with Crippen LogP contribution in [-0.4, -0.2) is 37.6 Å². The maximum absolute atomic E-state index is 3.57. The van der Waals surface area contributed by atoms with E-state index in [0.717, 1.165) is 6.54 Å². The van der Waals surface area contributed by atoms with Crippen LogP contribution in [0.25, 0.3) is 0 Å². The van der Waals surface area contributed by atoms with Gasteiger partial charge in [0.25, 0.3) is 0 Å². The number of nitrogens with zero attached hydrogens (tertiary/aromatic N) is 1. The zero-order valence-electron chi connectivity index (χ0n) is 14.0. The minimum Gasteiger partial charge on any atom is -0.316 e. The lowest BCUT2D eigenvalue weighted by Crippen LogP contribution is -2.42. The third kappa shape index (κ3) is 4.75. The second-order valence-electron chi connectivity index (χ2n) is 7.01. The summed E-state index contributed by atoms with van der Waals surface area (Å²) in [6, 6.07) is 0. The van der Waals surface area contributed by atoms with Crippen LogP contribution in [0.1, 0.15) is 66.7 Å². The predicted octanol–water partition coefficient (Wildman–Crippen LogP) is 3.91. The minimum atomic E-state index is 0.447. The number of likely N-dealkylation sites (tertiary alicyclic amines) is 1. The van der Waals surface area contributed by atoms with E-state index in [4.69, 9.17) is 0 Å². The first kappa shape index (κ1) is 17.0. The molecule has 0 saturated carbocycles. The lowest BCUT2D eigenvalue weighted by molar-refractivity contribution is 0.153. The van der Waals surface area contributed by atoms with Gasteiger partial charge in [0.2, 0.25) is 0 Å². The van der Waals surface area contributed by atoms with Crippen LogP contribution in [0, 0.1) is 10.8 Å². The quantitative estimate of drug-likeness (QED) is 0.682. The van der Waals surface area contributed by atoms with Crippen molar-refractivity contribution in [3.63, 3.8) is 0 Å². The molecule has 2 nitrogen and oxygen atoms in total. The fourth-order valence-electron chi connectivity index (χ4n) is 3.78. The third-order valence-electron chi connectivity index (χ3n) is 5.28. The molecule has 19 heavy (non-hydrogen) atoms. The Morgan fingerprint density at radius 3 is 2.32 bits per heavy atom. The first-order valence-electron chi connectivity index (χ1n) is 8.46. The summed E-state index contributed by atoms with van der Waals surface area (Å²) in [5.41, 5.74) is 1.06. The Labute approximate surface area is 121 Å². The van der Waals surface area contributed by atoms with E-state index in [1.807, 2.05) is 0 Å². The van der Waals surface area contributed by atoms with Crippen molar-refractivity contribution in [3.05, 3.63) is 0 Å². The molecular formula is C17H36N2. The smallest absolute Gasteiger partial charge is 0.00477 e. The van der Waals surface area contributed by atoms with Crippen molar-refractivity contribution in [1.82, 2.24) is 10.2 Å². The van der Waals surface area contributed by atoms with E-state index < -0.39 is 0 Å². The molecule has 0 spiro atoms. The van der Waals surface area contributed by atoms with Crippen LogP contribution in [0.3, 0.4) is 0 Å². The Bertz CT molecular complexity index is 248. The molecule has 0 amide bonds. The summed E-state index contributed by atoms with van der Waals surface area (Å²) in [7, 11) is 0. The fraction of sp³-hybridized carbons (Fsp3) is 1.00. The van der Waals surface area contributed by atoms with Crippen molar-refractivity contribution in [2.45, 2.75) is 66.7 Å². The van der Waals surface area contributed by atoms with E-state index in [9.17, 15) is 0 Å². The zero-order chi connectivity index (χ0) is 14.4. The highest BCUT2D eigenvalue weighted by Crippen LogP contribution is 2.38. The number of rotatable bonds is 9. The van der Waals surface area contributed by atoms with E-state index in [1.54, 1.807) is 0 Å². The van der Waals surface area contributed by atoms with Gasteiger partial charge in [0.05, 0.1) is 0 Å². The van der Waals surface area contributed by atoms with E-state index >= 15 is 0 Å². The van der Waals surface area contributed by atoms with Gasteiger partial charge in [-0.25, -0.2) is 0 Å². The number of nitrogens with one attached hydrogen (secondary N) is 1. The van der Waals surface area contributed by atoms with Gasteiger partial charge in [-0.15, -0.1) is 0 Å². The highest BCUT2D eigenvalue weighted by atomic mass is 15.2. The van der Waals surface area contributed by atoms with E-state index in [0.29, 0.717) is 10.8 Å². The van der Waals surface area contributed by atoms with Crippen molar-refractivity contribution in [2.75, 3.05) is 32.7 Å². The van der Waals surface area contributed by atoms with Crippen LogP contribution in [-0.2, 0) is 0 Å². The Kier molecular flexibility index (Phi) is 6.82. The molecule has 1 N–H and O–H groups in total. The SMILES string of the molecule is CCCC(C)(CNCC)CN1CCC(CC)(CC)C1. The van der Waals surface area contributed by atoms with Gasteiger partial charge < -0.3 is 10.2 Å². The standard InChI is InChI=1S/C17H36N2/c1-6-10-16(5,13-18-9-4)14-19-12-11-17(7-2,8-3)15-19/h18H,6-15H2,1-5H3. The van der Waals surface area contributed by atoms with Crippen LogP contribution in [0.4, 0.5) is 0 Å². The molecule has 1 rings (SSSR count). The largest absolute Gasteiger partial charge is 0.316 e. The Morgan fingerprint density at radius 1 is 1.16 bits per heavy atom. The van der Waals surface area contributed by atoms with Gasteiger partial charge in [0, 0.05) is 19.6 Å². The number of hydrogen-bond acceptors (Lipinski definition) is 2. The van der Waals surface area contributed by atoms with Gasteiger partial charge in [0.15, 0.2) is 0 Å². The summed E-state index contributed by atoms with van der Waals surface area (Å²) < 4.78 is 0. The van der Waals surface area contributed by atoms with Crippen LogP contribution in [0.15, 0.2) is 0 Å². The lowest BCUT2D eigenvalue weighted by Gasteiger charge is -2.35. The van der Waals surface area contributed by atoms with Gasteiger partial charge >= 0.3 is 0 Å². The molecule has 0 aromatic rings. The molecule has 1 fully saturated rings. The van der Waals surface area contributed by atoms with Gasteiger partial charge in [0.1, 0.15) is 0 Å².